The monoisotopic (exact) mass is 325 g/mol. The molecule has 2 amide bonds. The Balaban J connectivity index is 2.36. The Morgan fingerprint density at radius 2 is 1.87 bits per heavy atom. The van der Waals surface area contributed by atoms with E-state index in [4.69, 9.17) is 0 Å². The van der Waals surface area contributed by atoms with Gasteiger partial charge in [-0.15, -0.1) is 0 Å². The molecule has 1 aliphatic rings. The first-order chi connectivity index (χ1) is 10.8. The number of ether oxygens (including phenoxy) is 1. The molecule has 1 atom stereocenters. The molecule has 1 unspecified atom stereocenters. The van der Waals surface area contributed by atoms with Gasteiger partial charge < -0.3 is 4.74 Å². The van der Waals surface area contributed by atoms with Crippen LogP contribution >= 0.6 is 0 Å². The highest BCUT2D eigenvalue weighted by atomic mass is 19.1. The molecule has 0 aromatic heterocycles. The molecule has 122 valence electrons. The summed E-state index contributed by atoms with van der Waals surface area (Å²) in [6.45, 7) is 1.88. The molecule has 0 spiro atoms. The third-order valence-corrected chi connectivity index (χ3v) is 3.42. The van der Waals surface area contributed by atoms with E-state index in [1.807, 2.05) is 0 Å². The maximum absolute atomic E-state index is 13.7. The molecule has 1 heterocycles. The molecule has 0 bridgehead atoms. The first kappa shape index (κ1) is 16.7. The Bertz CT molecular complexity index is 716. The topological polar surface area (TPSA) is 80.8 Å². The SMILES string of the molecule is CCOC(=O)C(C(C)=O)C(=O)N1Cc2c(F)ccc(F)c2C1=O. The number of carbonyl (C=O) groups excluding carboxylic acids is 4. The van der Waals surface area contributed by atoms with Crippen molar-refractivity contribution in [3.63, 3.8) is 0 Å². The van der Waals surface area contributed by atoms with Crippen LogP contribution in [0.15, 0.2) is 12.1 Å². The lowest BCUT2D eigenvalue weighted by atomic mass is 10.0. The Morgan fingerprint density at radius 1 is 1.26 bits per heavy atom. The van der Waals surface area contributed by atoms with Crippen LogP contribution in [0.25, 0.3) is 0 Å². The van der Waals surface area contributed by atoms with Crippen LogP contribution < -0.4 is 0 Å². The summed E-state index contributed by atoms with van der Waals surface area (Å²) in [6.07, 6.45) is 0. The number of benzene rings is 1. The van der Waals surface area contributed by atoms with Gasteiger partial charge in [-0.2, -0.15) is 0 Å². The second-order valence-corrected chi connectivity index (χ2v) is 4.91. The minimum Gasteiger partial charge on any atom is -0.465 e. The quantitative estimate of drug-likeness (QED) is 0.614. The molecular weight excluding hydrogens is 312 g/mol. The number of ketones is 1. The number of hydrogen-bond donors (Lipinski definition) is 0. The maximum atomic E-state index is 13.7. The van der Waals surface area contributed by atoms with Crippen molar-refractivity contribution < 1.29 is 32.7 Å². The van der Waals surface area contributed by atoms with Crippen molar-refractivity contribution in [2.24, 2.45) is 5.92 Å². The van der Waals surface area contributed by atoms with Gasteiger partial charge in [-0.05, 0) is 26.0 Å². The van der Waals surface area contributed by atoms with E-state index in [9.17, 15) is 28.0 Å². The number of imide groups is 1. The average molecular weight is 325 g/mol. The van der Waals surface area contributed by atoms with E-state index in [0.29, 0.717) is 4.90 Å². The fraction of sp³-hybridized carbons (Fsp3) is 0.333. The molecule has 1 aromatic rings. The van der Waals surface area contributed by atoms with Crippen LogP contribution in [-0.2, 0) is 25.7 Å². The summed E-state index contributed by atoms with van der Waals surface area (Å²) in [5, 5.41) is 0. The molecule has 2 rings (SSSR count). The second kappa shape index (κ2) is 6.23. The lowest BCUT2D eigenvalue weighted by Crippen LogP contribution is -2.43. The van der Waals surface area contributed by atoms with Crippen LogP contribution in [0, 0.1) is 17.6 Å². The Labute approximate surface area is 130 Å². The summed E-state index contributed by atoms with van der Waals surface area (Å²) in [5.74, 6) is -7.82. The van der Waals surface area contributed by atoms with E-state index >= 15 is 0 Å². The third-order valence-electron chi connectivity index (χ3n) is 3.42. The second-order valence-electron chi connectivity index (χ2n) is 4.91. The van der Waals surface area contributed by atoms with Crippen LogP contribution in [0.4, 0.5) is 8.78 Å². The van der Waals surface area contributed by atoms with Crippen molar-refractivity contribution in [3.05, 3.63) is 34.9 Å². The lowest BCUT2D eigenvalue weighted by molar-refractivity contribution is -0.157. The predicted molar refractivity (Wildman–Crippen MR) is 72.0 cm³/mol. The highest BCUT2D eigenvalue weighted by molar-refractivity contribution is 6.21. The number of rotatable bonds is 4. The van der Waals surface area contributed by atoms with E-state index in [1.165, 1.54) is 6.92 Å². The number of nitrogens with zero attached hydrogens (tertiary/aromatic N) is 1. The molecule has 0 saturated carbocycles. The number of amides is 2. The van der Waals surface area contributed by atoms with Gasteiger partial charge in [0.2, 0.25) is 0 Å². The summed E-state index contributed by atoms with van der Waals surface area (Å²) in [7, 11) is 0. The Morgan fingerprint density at radius 3 is 2.39 bits per heavy atom. The smallest absolute Gasteiger partial charge is 0.326 e. The van der Waals surface area contributed by atoms with E-state index in [1.54, 1.807) is 0 Å². The van der Waals surface area contributed by atoms with Crippen molar-refractivity contribution >= 4 is 23.6 Å². The molecule has 0 N–H and O–H groups in total. The summed E-state index contributed by atoms with van der Waals surface area (Å²) in [5.41, 5.74) is -0.848. The molecule has 1 aliphatic heterocycles. The summed E-state index contributed by atoms with van der Waals surface area (Å²) in [4.78, 5) is 48.3. The number of Topliss-reactive ketones (excluding diaryl/α,β-unsaturated/α-hetero) is 1. The third kappa shape index (κ3) is 2.84. The molecular formula is C15H13F2NO5. The van der Waals surface area contributed by atoms with Gasteiger partial charge in [-0.3, -0.25) is 24.1 Å². The van der Waals surface area contributed by atoms with Crippen LogP contribution in [0.5, 0.6) is 0 Å². The first-order valence-corrected chi connectivity index (χ1v) is 6.79. The molecule has 23 heavy (non-hydrogen) atoms. The number of esters is 1. The number of halogens is 2. The van der Waals surface area contributed by atoms with Gasteiger partial charge >= 0.3 is 5.97 Å². The predicted octanol–water partition coefficient (Wildman–Crippen LogP) is 1.22. The fourth-order valence-electron chi connectivity index (χ4n) is 2.34. The van der Waals surface area contributed by atoms with Gasteiger partial charge in [0.1, 0.15) is 11.6 Å². The van der Waals surface area contributed by atoms with Gasteiger partial charge in [0, 0.05) is 5.56 Å². The van der Waals surface area contributed by atoms with E-state index in [-0.39, 0.29) is 12.2 Å². The highest BCUT2D eigenvalue weighted by Gasteiger charge is 2.43. The number of hydrogen-bond acceptors (Lipinski definition) is 5. The fourth-order valence-corrected chi connectivity index (χ4v) is 2.34. The van der Waals surface area contributed by atoms with Gasteiger partial charge in [-0.1, -0.05) is 0 Å². The standard InChI is InChI=1S/C15H13F2NO5/c1-3-23-15(22)11(7(2)19)13(20)18-6-8-9(16)4-5-10(17)12(8)14(18)21/h4-5,11H,3,6H2,1-2H3. The van der Waals surface area contributed by atoms with Crippen LogP contribution in [0.3, 0.4) is 0 Å². The van der Waals surface area contributed by atoms with Crippen molar-refractivity contribution in [2.45, 2.75) is 20.4 Å². The molecule has 0 radical (unpaired) electrons. The molecule has 0 fully saturated rings. The zero-order valence-electron chi connectivity index (χ0n) is 12.4. The zero-order chi connectivity index (χ0) is 17.3. The van der Waals surface area contributed by atoms with E-state index in [2.05, 4.69) is 4.74 Å². The van der Waals surface area contributed by atoms with Crippen LogP contribution in [-0.4, -0.2) is 35.1 Å². The summed E-state index contributed by atoms with van der Waals surface area (Å²) < 4.78 is 32.1. The maximum Gasteiger partial charge on any atom is 0.326 e. The van der Waals surface area contributed by atoms with Gasteiger partial charge in [0.05, 0.1) is 18.7 Å². The minimum absolute atomic E-state index is 0.0622. The summed E-state index contributed by atoms with van der Waals surface area (Å²) in [6, 6.07) is 1.61. The number of fused-ring (bicyclic) bond motifs is 1. The van der Waals surface area contributed by atoms with Crippen LogP contribution in [0.1, 0.15) is 29.8 Å². The van der Waals surface area contributed by atoms with Crippen molar-refractivity contribution in [2.75, 3.05) is 6.61 Å². The molecule has 6 nitrogen and oxygen atoms in total. The first-order valence-electron chi connectivity index (χ1n) is 6.79. The zero-order valence-corrected chi connectivity index (χ0v) is 12.4. The molecule has 0 saturated heterocycles. The normalized spacial score (nSPS) is 14.4. The highest BCUT2D eigenvalue weighted by Crippen LogP contribution is 2.29. The number of carbonyl (C=O) groups is 4. The Kier molecular flexibility index (Phi) is 4.53. The average Bonchev–Trinajstić information content (AvgIpc) is 2.82. The summed E-state index contributed by atoms with van der Waals surface area (Å²) >= 11 is 0. The lowest BCUT2D eigenvalue weighted by Gasteiger charge is -2.18. The van der Waals surface area contributed by atoms with Crippen LogP contribution in [0.2, 0.25) is 0 Å². The van der Waals surface area contributed by atoms with Gasteiger partial charge in [-0.25, -0.2) is 8.78 Å². The largest absolute Gasteiger partial charge is 0.465 e. The molecule has 1 aromatic carbocycles. The van der Waals surface area contributed by atoms with Crippen molar-refractivity contribution in [3.8, 4) is 0 Å². The molecule has 0 aliphatic carbocycles. The van der Waals surface area contributed by atoms with E-state index in [0.717, 1.165) is 19.1 Å². The van der Waals surface area contributed by atoms with Crippen molar-refractivity contribution in [1.29, 1.82) is 0 Å². The minimum atomic E-state index is -1.83. The van der Waals surface area contributed by atoms with Gasteiger partial charge in [0.15, 0.2) is 11.7 Å². The van der Waals surface area contributed by atoms with Crippen molar-refractivity contribution in [1.82, 2.24) is 4.90 Å². The van der Waals surface area contributed by atoms with Gasteiger partial charge in [0.25, 0.3) is 11.8 Å². The van der Waals surface area contributed by atoms with E-state index < -0.39 is 53.2 Å². The Hall–Kier alpha value is -2.64. The molecule has 8 heteroatoms.